The fourth-order valence-electron chi connectivity index (χ4n) is 2.80. The molecule has 0 bridgehead atoms. The summed E-state index contributed by atoms with van der Waals surface area (Å²) in [5, 5.41) is 2.78. The molecule has 7 nitrogen and oxygen atoms in total. The topological polar surface area (TPSA) is 89.9 Å². The second-order valence-electron chi connectivity index (χ2n) is 6.11. The molecule has 1 N–H and O–H groups in total. The van der Waals surface area contributed by atoms with Gasteiger partial charge in [0.25, 0.3) is 5.91 Å². The molecule has 0 atom stereocenters. The number of carbonyl (C=O) groups excluding carboxylic acids is 1. The summed E-state index contributed by atoms with van der Waals surface area (Å²) in [6, 6.07) is 7.29. The van der Waals surface area contributed by atoms with E-state index >= 15 is 0 Å². The number of nitrogens with one attached hydrogen (secondary N) is 1. The molecule has 0 spiro atoms. The fourth-order valence-corrected chi connectivity index (χ4v) is 3.99. The van der Waals surface area contributed by atoms with E-state index in [1.165, 1.54) is 13.3 Å². The monoisotopic (exact) mass is 509 g/mol. The quantitative estimate of drug-likeness (QED) is 0.407. The van der Waals surface area contributed by atoms with Gasteiger partial charge in [0, 0.05) is 17.3 Å². The Morgan fingerprint density at radius 2 is 1.90 bits per heavy atom. The maximum absolute atomic E-state index is 13.3. The second-order valence-corrected chi connectivity index (χ2v) is 7.90. The fraction of sp³-hybridized carbons (Fsp3) is 0.105. The number of para-hydroxylation sites is 1. The molecule has 0 saturated carbocycles. The van der Waals surface area contributed by atoms with Crippen LogP contribution in [0.4, 0.5) is 18.3 Å². The van der Waals surface area contributed by atoms with Crippen LogP contribution in [0.25, 0.3) is 21.6 Å². The first kappa shape index (κ1) is 21.1. The number of halogens is 4. The van der Waals surface area contributed by atoms with E-state index in [0.29, 0.717) is 26.4 Å². The number of aromatic nitrogens is 4. The summed E-state index contributed by atoms with van der Waals surface area (Å²) in [7, 11) is 1.39. The van der Waals surface area contributed by atoms with Gasteiger partial charge in [0.2, 0.25) is 0 Å². The van der Waals surface area contributed by atoms with Crippen molar-refractivity contribution >= 4 is 48.8 Å². The van der Waals surface area contributed by atoms with Gasteiger partial charge in [0.1, 0.15) is 16.0 Å². The summed E-state index contributed by atoms with van der Waals surface area (Å²) in [5.41, 5.74) is -0.516. The number of methoxy groups -OCH3 is 1. The number of rotatable bonds is 4. The van der Waals surface area contributed by atoms with E-state index < -0.39 is 17.8 Å². The number of ether oxygens (including phenoxy) is 1. The third-order valence-electron chi connectivity index (χ3n) is 4.15. The van der Waals surface area contributed by atoms with E-state index in [1.807, 2.05) is 0 Å². The van der Waals surface area contributed by atoms with Crippen LogP contribution in [0.5, 0.6) is 5.75 Å². The lowest BCUT2D eigenvalue weighted by molar-refractivity contribution is -0.141. The highest BCUT2D eigenvalue weighted by molar-refractivity contribution is 9.10. The SMILES string of the molecule is COc1ccccc1-c1cc(C(F)(F)F)ncc1C(=O)Nc1nc2ncc(Br)nc2s1. The molecule has 4 rings (SSSR count). The number of thiazole rings is 1. The van der Waals surface area contributed by atoms with Gasteiger partial charge >= 0.3 is 6.18 Å². The molecule has 12 heteroatoms. The maximum atomic E-state index is 13.3. The predicted octanol–water partition coefficient (Wildman–Crippen LogP) is 5.19. The molecule has 0 saturated heterocycles. The van der Waals surface area contributed by atoms with Crippen molar-refractivity contribution in [2.75, 3.05) is 12.4 Å². The Labute approximate surface area is 185 Å². The molecule has 1 amide bonds. The van der Waals surface area contributed by atoms with Crippen LogP contribution in [0.2, 0.25) is 0 Å². The molecule has 0 radical (unpaired) electrons. The van der Waals surface area contributed by atoms with Crippen molar-refractivity contribution in [1.29, 1.82) is 0 Å². The van der Waals surface area contributed by atoms with Gasteiger partial charge < -0.3 is 4.74 Å². The summed E-state index contributed by atoms with van der Waals surface area (Å²) in [4.78, 5) is 29.4. The third kappa shape index (κ3) is 4.35. The van der Waals surface area contributed by atoms with Crippen molar-refractivity contribution in [3.05, 3.63) is 58.6 Å². The summed E-state index contributed by atoms with van der Waals surface area (Å²) < 4.78 is 45.6. The first-order valence-corrected chi connectivity index (χ1v) is 10.2. The minimum absolute atomic E-state index is 0.0254. The Morgan fingerprint density at radius 1 is 1.13 bits per heavy atom. The first-order chi connectivity index (χ1) is 14.8. The smallest absolute Gasteiger partial charge is 0.433 e. The number of anilines is 1. The zero-order chi connectivity index (χ0) is 22.2. The predicted molar refractivity (Wildman–Crippen MR) is 112 cm³/mol. The lowest BCUT2D eigenvalue weighted by atomic mass is 9.99. The van der Waals surface area contributed by atoms with Crippen molar-refractivity contribution in [3.63, 3.8) is 0 Å². The molecule has 4 aromatic rings. The standard InChI is InChI=1S/C19H11BrF3N5O2S/c1-30-12-5-3-2-4-9(12)10-6-13(19(21,22)23)24-7-11(10)16(29)28-18-27-15-17(31-18)26-14(20)8-25-15/h2-8H,1H3,(H,25,27,28,29). The van der Waals surface area contributed by atoms with Gasteiger partial charge in [-0.1, -0.05) is 29.5 Å². The van der Waals surface area contributed by atoms with Crippen LogP contribution in [-0.2, 0) is 6.18 Å². The summed E-state index contributed by atoms with van der Waals surface area (Å²) >= 11 is 4.29. The van der Waals surface area contributed by atoms with Crippen molar-refractivity contribution in [2.45, 2.75) is 6.18 Å². The molecule has 1 aromatic carbocycles. The van der Waals surface area contributed by atoms with E-state index in [-0.39, 0.29) is 16.3 Å². The number of fused-ring (bicyclic) bond motifs is 1. The Bertz CT molecular complexity index is 1300. The van der Waals surface area contributed by atoms with Crippen LogP contribution in [0.15, 0.2) is 47.3 Å². The zero-order valence-corrected chi connectivity index (χ0v) is 18.0. The number of nitrogens with zero attached hydrogens (tertiary/aromatic N) is 4. The van der Waals surface area contributed by atoms with Crippen LogP contribution in [0.3, 0.4) is 0 Å². The summed E-state index contributed by atoms with van der Waals surface area (Å²) in [5.74, 6) is -0.366. The highest BCUT2D eigenvalue weighted by atomic mass is 79.9. The Morgan fingerprint density at radius 3 is 2.65 bits per heavy atom. The molecular weight excluding hydrogens is 499 g/mol. The minimum Gasteiger partial charge on any atom is -0.496 e. The lowest BCUT2D eigenvalue weighted by Gasteiger charge is -2.14. The molecule has 3 heterocycles. The van der Waals surface area contributed by atoms with Crippen molar-refractivity contribution in [1.82, 2.24) is 19.9 Å². The van der Waals surface area contributed by atoms with Gasteiger partial charge in [-0.3, -0.25) is 15.1 Å². The number of pyridine rings is 1. The van der Waals surface area contributed by atoms with Crippen molar-refractivity contribution in [3.8, 4) is 16.9 Å². The highest BCUT2D eigenvalue weighted by Gasteiger charge is 2.34. The molecule has 0 aliphatic heterocycles. The molecule has 0 aliphatic carbocycles. The van der Waals surface area contributed by atoms with Crippen molar-refractivity contribution in [2.24, 2.45) is 0 Å². The lowest BCUT2D eigenvalue weighted by Crippen LogP contribution is -2.16. The second kappa shape index (κ2) is 8.19. The van der Waals surface area contributed by atoms with Crippen LogP contribution in [-0.4, -0.2) is 33.0 Å². The van der Waals surface area contributed by atoms with Gasteiger partial charge in [-0.2, -0.15) is 18.2 Å². The van der Waals surface area contributed by atoms with Crippen LogP contribution in [0.1, 0.15) is 16.1 Å². The number of benzene rings is 1. The molecule has 31 heavy (non-hydrogen) atoms. The van der Waals surface area contributed by atoms with Gasteiger partial charge in [0.15, 0.2) is 15.6 Å². The Kier molecular flexibility index (Phi) is 5.58. The summed E-state index contributed by atoms with van der Waals surface area (Å²) in [6.45, 7) is 0. The zero-order valence-electron chi connectivity index (χ0n) is 15.6. The van der Waals surface area contributed by atoms with E-state index in [1.54, 1.807) is 24.3 Å². The summed E-state index contributed by atoms with van der Waals surface area (Å²) in [6.07, 6.45) is -2.32. The van der Waals surface area contributed by atoms with Crippen LogP contribution >= 0.6 is 27.3 Å². The van der Waals surface area contributed by atoms with E-state index in [2.05, 4.69) is 41.2 Å². The maximum Gasteiger partial charge on any atom is 0.433 e. The van der Waals surface area contributed by atoms with Crippen LogP contribution < -0.4 is 10.1 Å². The minimum atomic E-state index is -4.68. The van der Waals surface area contributed by atoms with E-state index in [9.17, 15) is 18.0 Å². The Hall–Kier alpha value is -3.12. The third-order valence-corrected chi connectivity index (χ3v) is 5.39. The van der Waals surface area contributed by atoms with Gasteiger partial charge in [-0.05, 0) is 28.1 Å². The number of alkyl halides is 3. The van der Waals surface area contributed by atoms with Crippen LogP contribution in [0, 0.1) is 0 Å². The number of hydrogen-bond acceptors (Lipinski definition) is 7. The molecular formula is C19H11BrF3N5O2S. The number of hydrogen-bond donors (Lipinski definition) is 1. The molecule has 3 aromatic heterocycles. The first-order valence-electron chi connectivity index (χ1n) is 8.57. The van der Waals surface area contributed by atoms with Gasteiger partial charge in [-0.25, -0.2) is 9.97 Å². The van der Waals surface area contributed by atoms with E-state index in [4.69, 9.17) is 4.74 Å². The molecule has 0 aliphatic rings. The highest BCUT2D eigenvalue weighted by Crippen LogP contribution is 2.36. The molecule has 158 valence electrons. The Balaban J connectivity index is 1.78. The average Bonchev–Trinajstić information content (AvgIpc) is 3.13. The average molecular weight is 510 g/mol. The normalized spacial score (nSPS) is 11.5. The van der Waals surface area contributed by atoms with Crippen molar-refractivity contribution < 1.29 is 22.7 Å². The van der Waals surface area contributed by atoms with E-state index in [0.717, 1.165) is 23.6 Å². The molecule has 0 unspecified atom stereocenters. The number of amides is 1. The molecule has 0 fully saturated rings. The largest absolute Gasteiger partial charge is 0.496 e. The van der Waals surface area contributed by atoms with Gasteiger partial charge in [-0.15, -0.1) is 0 Å². The van der Waals surface area contributed by atoms with Gasteiger partial charge in [0.05, 0.1) is 18.9 Å². The number of carbonyl (C=O) groups is 1.